The van der Waals surface area contributed by atoms with Crippen molar-refractivity contribution in [3.63, 3.8) is 0 Å². The molecule has 0 unspecified atom stereocenters. The highest BCUT2D eigenvalue weighted by molar-refractivity contribution is 5.66. The molecule has 0 aromatic heterocycles. The maximum Gasteiger partial charge on any atom is 0.303 e. The summed E-state index contributed by atoms with van der Waals surface area (Å²) in [6, 6.07) is 0. The lowest BCUT2D eigenvalue weighted by molar-refractivity contribution is -0.137. The number of aliphatic carboxylic acids is 1. The molecular formula is C6H11O3. The van der Waals surface area contributed by atoms with Gasteiger partial charge in [-0.25, -0.2) is 0 Å². The average molecular weight is 131 g/mol. The first-order valence-electron chi connectivity index (χ1n) is 2.79. The summed E-state index contributed by atoms with van der Waals surface area (Å²) in [5, 5.41) is 8.15. The van der Waals surface area contributed by atoms with Gasteiger partial charge in [0.1, 0.15) is 0 Å². The van der Waals surface area contributed by atoms with Gasteiger partial charge < -0.3 is 9.84 Å². The van der Waals surface area contributed by atoms with Crippen LogP contribution in [0.1, 0.15) is 12.8 Å². The van der Waals surface area contributed by atoms with E-state index in [1.165, 1.54) is 0 Å². The van der Waals surface area contributed by atoms with Crippen molar-refractivity contribution in [2.24, 2.45) is 0 Å². The molecule has 0 heterocycles. The smallest absolute Gasteiger partial charge is 0.303 e. The van der Waals surface area contributed by atoms with E-state index in [1.807, 2.05) is 0 Å². The van der Waals surface area contributed by atoms with E-state index in [0.29, 0.717) is 13.0 Å². The predicted molar refractivity (Wildman–Crippen MR) is 33.0 cm³/mol. The van der Waals surface area contributed by atoms with E-state index < -0.39 is 5.97 Å². The summed E-state index contributed by atoms with van der Waals surface area (Å²) < 4.78 is 4.68. The van der Waals surface area contributed by atoms with E-state index in [1.54, 1.807) is 13.5 Å². The van der Waals surface area contributed by atoms with E-state index in [2.05, 4.69) is 4.74 Å². The van der Waals surface area contributed by atoms with Crippen molar-refractivity contribution in [2.75, 3.05) is 13.7 Å². The van der Waals surface area contributed by atoms with Gasteiger partial charge in [0.15, 0.2) is 0 Å². The number of carboxylic acids is 1. The topological polar surface area (TPSA) is 46.5 Å². The molecule has 0 spiro atoms. The zero-order valence-electron chi connectivity index (χ0n) is 5.46. The molecular weight excluding hydrogens is 120 g/mol. The third kappa shape index (κ3) is 7.43. The standard InChI is InChI=1S/C6H11O3/c1-9-5-3-2-4-6(7)8/h3H,2,4-5H2,1H3,(H,7,8). The molecule has 0 rings (SSSR count). The van der Waals surface area contributed by atoms with Crippen molar-refractivity contribution in [3.8, 4) is 0 Å². The maximum absolute atomic E-state index is 9.90. The minimum absolute atomic E-state index is 0.198. The molecule has 0 bridgehead atoms. The Morgan fingerprint density at radius 2 is 2.44 bits per heavy atom. The fourth-order valence-corrected chi connectivity index (χ4v) is 0.427. The van der Waals surface area contributed by atoms with Crippen LogP contribution in [0.4, 0.5) is 0 Å². The summed E-state index contributed by atoms with van der Waals surface area (Å²) in [7, 11) is 1.58. The van der Waals surface area contributed by atoms with Crippen molar-refractivity contribution < 1.29 is 14.6 Å². The van der Waals surface area contributed by atoms with Gasteiger partial charge in [0.25, 0.3) is 0 Å². The fraction of sp³-hybridized carbons (Fsp3) is 0.667. The predicted octanol–water partition coefficient (Wildman–Crippen LogP) is 0.702. The molecule has 0 fully saturated rings. The summed E-state index contributed by atoms with van der Waals surface area (Å²) >= 11 is 0. The molecule has 3 nitrogen and oxygen atoms in total. The molecule has 0 aliphatic rings. The Balaban J connectivity index is 2.83. The second-order valence-corrected chi connectivity index (χ2v) is 1.68. The van der Waals surface area contributed by atoms with Crippen molar-refractivity contribution in [1.82, 2.24) is 0 Å². The van der Waals surface area contributed by atoms with E-state index >= 15 is 0 Å². The molecule has 0 aliphatic heterocycles. The SMILES string of the molecule is COC[CH]CCC(=O)O. The maximum atomic E-state index is 9.90. The van der Waals surface area contributed by atoms with Crippen LogP contribution in [0.25, 0.3) is 0 Å². The van der Waals surface area contributed by atoms with Gasteiger partial charge in [-0.15, -0.1) is 0 Å². The molecule has 0 aromatic rings. The highest BCUT2D eigenvalue weighted by Gasteiger charge is 1.94. The first kappa shape index (κ1) is 8.43. The lowest BCUT2D eigenvalue weighted by Gasteiger charge is -1.93. The number of hydrogen-bond donors (Lipinski definition) is 1. The zero-order chi connectivity index (χ0) is 7.11. The number of unbranched alkanes of at least 4 members (excludes halogenated alkanes) is 1. The zero-order valence-corrected chi connectivity index (χ0v) is 5.46. The van der Waals surface area contributed by atoms with E-state index in [9.17, 15) is 4.79 Å². The summed E-state index contributed by atoms with van der Waals surface area (Å²) in [6.07, 6.45) is 2.58. The Kier molecular flexibility index (Phi) is 5.21. The molecule has 1 radical (unpaired) electrons. The Labute approximate surface area is 54.6 Å². The van der Waals surface area contributed by atoms with Gasteiger partial charge in [0.05, 0.1) is 0 Å². The number of rotatable bonds is 5. The van der Waals surface area contributed by atoms with Crippen LogP contribution >= 0.6 is 0 Å². The molecule has 0 saturated heterocycles. The lowest BCUT2D eigenvalue weighted by Crippen LogP contribution is -1.96. The molecule has 0 aliphatic carbocycles. The first-order valence-corrected chi connectivity index (χ1v) is 2.79. The van der Waals surface area contributed by atoms with Crippen LogP contribution in [0.15, 0.2) is 0 Å². The van der Waals surface area contributed by atoms with E-state index in [-0.39, 0.29) is 6.42 Å². The Hall–Kier alpha value is -0.570. The first-order chi connectivity index (χ1) is 4.27. The van der Waals surface area contributed by atoms with Gasteiger partial charge in [0, 0.05) is 20.1 Å². The molecule has 1 N–H and O–H groups in total. The third-order valence-corrected chi connectivity index (χ3v) is 0.847. The minimum Gasteiger partial charge on any atom is -0.481 e. The summed E-state index contributed by atoms with van der Waals surface area (Å²) in [4.78, 5) is 9.90. The third-order valence-electron chi connectivity index (χ3n) is 0.847. The van der Waals surface area contributed by atoms with Crippen LogP contribution < -0.4 is 0 Å². The van der Waals surface area contributed by atoms with Crippen LogP contribution in [0.3, 0.4) is 0 Å². The second kappa shape index (κ2) is 5.56. The van der Waals surface area contributed by atoms with Gasteiger partial charge in [0.2, 0.25) is 0 Å². The van der Waals surface area contributed by atoms with Crippen molar-refractivity contribution in [1.29, 1.82) is 0 Å². The van der Waals surface area contributed by atoms with Gasteiger partial charge in [-0.1, -0.05) is 0 Å². The summed E-state index contributed by atoms with van der Waals surface area (Å²) in [5.74, 6) is -0.762. The molecule has 0 atom stereocenters. The molecule has 0 aromatic carbocycles. The monoisotopic (exact) mass is 131 g/mol. The second-order valence-electron chi connectivity index (χ2n) is 1.68. The normalized spacial score (nSPS) is 9.44. The van der Waals surface area contributed by atoms with Gasteiger partial charge >= 0.3 is 5.97 Å². The van der Waals surface area contributed by atoms with E-state index in [4.69, 9.17) is 5.11 Å². The summed E-state index contributed by atoms with van der Waals surface area (Å²) in [5.41, 5.74) is 0. The number of methoxy groups -OCH3 is 1. The van der Waals surface area contributed by atoms with Crippen LogP contribution in [0.5, 0.6) is 0 Å². The summed E-state index contributed by atoms with van der Waals surface area (Å²) in [6.45, 7) is 0.535. The molecule has 9 heavy (non-hydrogen) atoms. The van der Waals surface area contributed by atoms with Crippen LogP contribution in [0, 0.1) is 6.42 Å². The number of hydrogen-bond acceptors (Lipinski definition) is 2. The Morgan fingerprint density at radius 3 is 2.89 bits per heavy atom. The Bertz CT molecular complexity index is 80.4. The fourth-order valence-electron chi connectivity index (χ4n) is 0.427. The van der Waals surface area contributed by atoms with Gasteiger partial charge in [-0.05, 0) is 12.8 Å². The van der Waals surface area contributed by atoms with Crippen molar-refractivity contribution in [2.45, 2.75) is 12.8 Å². The quantitative estimate of drug-likeness (QED) is 0.559. The van der Waals surface area contributed by atoms with Crippen LogP contribution in [-0.2, 0) is 9.53 Å². The van der Waals surface area contributed by atoms with Gasteiger partial charge in [-0.3, -0.25) is 4.79 Å². The van der Waals surface area contributed by atoms with Crippen molar-refractivity contribution >= 4 is 5.97 Å². The Morgan fingerprint density at radius 1 is 1.78 bits per heavy atom. The van der Waals surface area contributed by atoms with Crippen LogP contribution in [-0.4, -0.2) is 24.8 Å². The molecule has 3 heteroatoms. The minimum atomic E-state index is -0.762. The van der Waals surface area contributed by atoms with Gasteiger partial charge in [-0.2, -0.15) is 0 Å². The number of carbonyl (C=O) groups is 1. The van der Waals surface area contributed by atoms with Crippen LogP contribution in [0.2, 0.25) is 0 Å². The lowest BCUT2D eigenvalue weighted by atomic mass is 10.2. The van der Waals surface area contributed by atoms with E-state index in [0.717, 1.165) is 0 Å². The van der Waals surface area contributed by atoms with Crippen molar-refractivity contribution in [3.05, 3.63) is 6.42 Å². The number of carboxylic acid groups (broad SMARTS) is 1. The molecule has 0 saturated carbocycles. The molecule has 0 amide bonds. The molecule has 53 valence electrons. The number of ether oxygens (including phenoxy) is 1. The largest absolute Gasteiger partial charge is 0.481 e. The highest BCUT2D eigenvalue weighted by atomic mass is 16.5. The average Bonchev–Trinajstić information content (AvgIpc) is 1.80. The highest BCUT2D eigenvalue weighted by Crippen LogP contribution is 1.92.